The third-order valence-corrected chi connectivity index (χ3v) is 4.99. The average molecular weight is 338 g/mol. The molecule has 0 unspecified atom stereocenters. The summed E-state index contributed by atoms with van der Waals surface area (Å²) in [5, 5.41) is 17.7. The lowest BCUT2D eigenvalue weighted by molar-refractivity contribution is 0.0697. The molecule has 6 nitrogen and oxygen atoms in total. The van der Waals surface area contributed by atoms with Crippen molar-refractivity contribution in [3.63, 3.8) is 0 Å². The summed E-state index contributed by atoms with van der Waals surface area (Å²) in [6.07, 6.45) is 2.81. The number of aromatic nitrogens is 2. The Morgan fingerprint density at radius 3 is 2.28 bits per heavy atom. The van der Waals surface area contributed by atoms with Gasteiger partial charge in [-0.15, -0.1) is 10.2 Å². The molecule has 2 heterocycles. The van der Waals surface area contributed by atoms with Crippen LogP contribution in [0.2, 0.25) is 0 Å². The van der Waals surface area contributed by atoms with Crippen molar-refractivity contribution < 1.29 is 9.90 Å². The van der Waals surface area contributed by atoms with Crippen LogP contribution in [0.5, 0.6) is 0 Å². The Morgan fingerprint density at radius 2 is 1.72 bits per heavy atom. The Morgan fingerprint density at radius 1 is 1.00 bits per heavy atom. The lowest BCUT2D eigenvalue weighted by Gasteiger charge is -2.35. The molecule has 1 aliphatic heterocycles. The number of piperazine rings is 1. The molecule has 0 spiro atoms. The first-order valence-electron chi connectivity index (χ1n) is 8.84. The third-order valence-electron chi connectivity index (χ3n) is 4.99. The van der Waals surface area contributed by atoms with Gasteiger partial charge in [-0.25, -0.2) is 4.79 Å². The molecular formula is C19H22N4O2. The highest BCUT2D eigenvalue weighted by atomic mass is 16.4. The molecule has 0 atom stereocenters. The topological polar surface area (TPSA) is 69.6 Å². The van der Waals surface area contributed by atoms with Gasteiger partial charge in [-0.3, -0.25) is 4.90 Å². The molecule has 1 aromatic carbocycles. The fourth-order valence-corrected chi connectivity index (χ4v) is 3.26. The molecular weight excluding hydrogens is 316 g/mol. The van der Waals surface area contributed by atoms with Crippen molar-refractivity contribution in [1.29, 1.82) is 0 Å². The Balaban J connectivity index is 1.39. The maximum Gasteiger partial charge on any atom is 0.335 e. The second-order valence-corrected chi connectivity index (χ2v) is 6.89. The van der Waals surface area contributed by atoms with Gasteiger partial charge in [0.15, 0.2) is 5.82 Å². The summed E-state index contributed by atoms with van der Waals surface area (Å²) in [5.74, 6) is 0.934. The van der Waals surface area contributed by atoms with Crippen molar-refractivity contribution in [2.24, 2.45) is 5.92 Å². The minimum atomic E-state index is -0.922. The largest absolute Gasteiger partial charge is 0.478 e. The van der Waals surface area contributed by atoms with Gasteiger partial charge in [-0.05, 0) is 43.0 Å². The highest BCUT2D eigenvalue weighted by Crippen LogP contribution is 2.30. The molecule has 1 saturated carbocycles. The van der Waals surface area contributed by atoms with Crippen LogP contribution in [0.4, 0.5) is 5.82 Å². The summed E-state index contributed by atoms with van der Waals surface area (Å²) in [7, 11) is 0. The molecule has 0 radical (unpaired) electrons. The molecule has 1 aliphatic carbocycles. The highest BCUT2D eigenvalue weighted by molar-refractivity contribution is 5.88. The van der Waals surface area contributed by atoms with E-state index in [1.54, 1.807) is 24.3 Å². The lowest BCUT2D eigenvalue weighted by Crippen LogP contribution is -2.47. The summed E-state index contributed by atoms with van der Waals surface area (Å²) in [6.45, 7) is 5.43. The average Bonchev–Trinajstić information content (AvgIpc) is 3.47. The third kappa shape index (κ3) is 3.79. The SMILES string of the molecule is O=C(O)c1ccc(-c2ccc(N3CCN(CC4CC4)CC3)nn2)cc1. The number of carboxylic acids is 1. The van der Waals surface area contributed by atoms with Crippen molar-refractivity contribution in [2.75, 3.05) is 37.6 Å². The summed E-state index contributed by atoms with van der Waals surface area (Å²) in [6, 6.07) is 10.7. The Hall–Kier alpha value is -2.47. The highest BCUT2D eigenvalue weighted by Gasteiger charge is 2.26. The summed E-state index contributed by atoms with van der Waals surface area (Å²) in [5.41, 5.74) is 1.91. The zero-order chi connectivity index (χ0) is 17.2. The fourth-order valence-electron chi connectivity index (χ4n) is 3.26. The van der Waals surface area contributed by atoms with Gasteiger partial charge in [-0.2, -0.15) is 0 Å². The molecule has 6 heteroatoms. The number of aromatic carboxylic acids is 1. The van der Waals surface area contributed by atoms with Crippen molar-refractivity contribution in [1.82, 2.24) is 15.1 Å². The monoisotopic (exact) mass is 338 g/mol. The van der Waals surface area contributed by atoms with Gasteiger partial charge >= 0.3 is 5.97 Å². The van der Waals surface area contributed by atoms with Crippen LogP contribution in [0.15, 0.2) is 36.4 Å². The first kappa shape index (κ1) is 16.0. The van der Waals surface area contributed by atoms with Crippen LogP contribution in [0.1, 0.15) is 23.2 Å². The Labute approximate surface area is 147 Å². The number of benzene rings is 1. The van der Waals surface area contributed by atoms with Crippen LogP contribution < -0.4 is 4.90 Å². The smallest absolute Gasteiger partial charge is 0.335 e. The van der Waals surface area contributed by atoms with E-state index in [4.69, 9.17) is 5.11 Å². The van der Waals surface area contributed by atoms with Gasteiger partial charge in [0.05, 0.1) is 11.3 Å². The number of carboxylic acid groups (broad SMARTS) is 1. The number of carbonyl (C=O) groups is 1. The summed E-state index contributed by atoms with van der Waals surface area (Å²) < 4.78 is 0. The molecule has 1 aromatic heterocycles. The van der Waals surface area contributed by atoms with E-state index in [0.717, 1.165) is 49.2 Å². The summed E-state index contributed by atoms with van der Waals surface area (Å²) in [4.78, 5) is 15.8. The van der Waals surface area contributed by atoms with E-state index in [1.807, 2.05) is 12.1 Å². The zero-order valence-electron chi connectivity index (χ0n) is 14.1. The Bertz CT molecular complexity index is 733. The number of rotatable bonds is 5. The van der Waals surface area contributed by atoms with E-state index in [1.165, 1.54) is 19.4 Å². The van der Waals surface area contributed by atoms with Crippen LogP contribution >= 0.6 is 0 Å². The van der Waals surface area contributed by atoms with Gasteiger partial charge in [0.2, 0.25) is 0 Å². The number of anilines is 1. The van der Waals surface area contributed by atoms with Crippen molar-refractivity contribution in [3.8, 4) is 11.3 Å². The molecule has 1 saturated heterocycles. The van der Waals surface area contributed by atoms with Gasteiger partial charge in [0.25, 0.3) is 0 Å². The molecule has 130 valence electrons. The van der Waals surface area contributed by atoms with Crippen LogP contribution in [0, 0.1) is 5.92 Å². The predicted octanol–water partition coefficient (Wildman–Crippen LogP) is 2.37. The van der Waals surface area contributed by atoms with Crippen molar-refractivity contribution >= 4 is 11.8 Å². The molecule has 2 aromatic rings. The second kappa shape index (κ2) is 6.80. The summed E-state index contributed by atoms with van der Waals surface area (Å²) >= 11 is 0. The number of nitrogens with zero attached hydrogens (tertiary/aromatic N) is 4. The van der Waals surface area contributed by atoms with Gasteiger partial charge in [-0.1, -0.05) is 12.1 Å². The van der Waals surface area contributed by atoms with E-state index in [2.05, 4.69) is 20.0 Å². The molecule has 0 amide bonds. The molecule has 1 N–H and O–H groups in total. The van der Waals surface area contributed by atoms with E-state index in [9.17, 15) is 4.79 Å². The fraction of sp³-hybridized carbons (Fsp3) is 0.421. The lowest BCUT2D eigenvalue weighted by atomic mass is 10.1. The number of hydrogen-bond donors (Lipinski definition) is 1. The van der Waals surface area contributed by atoms with E-state index < -0.39 is 5.97 Å². The first-order chi connectivity index (χ1) is 12.2. The molecule has 4 rings (SSSR count). The van der Waals surface area contributed by atoms with Gasteiger partial charge < -0.3 is 10.0 Å². The van der Waals surface area contributed by atoms with Crippen LogP contribution in [-0.4, -0.2) is 58.9 Å². The minimum absolute atomic E-state index is 0.275. The van der Waals surface area contributed by atoms with E-state index >= 15 is 0 Å². The standard InChI is InChI=1S/C19H22N4O2/c24-19(25)16-5-3-15(4-6-16)17-7-8-18(21-20-17)23-11-9-22(10-12-23)13-14-1-2-14/h3-8,14H,1-2,9-13H2,(H,24,25). The zero-order valence-corrected chi connectivity index (χ0v) is 14.1. The molecule has 2 fully saturated rings. The van der Waals surface area contributed by atoms with Gasteiger partial charge in [0.1, 0.15) is 0 Å². The molecule has 0 bridgehead atoms. The van der Waals surface area contributed by atoms with Crippen molar-refractivity contribution in [2.45, 2.75) is 12.8 Å². The minimum Gasteiger partial charge on any atom is -0.478 e. The number of hydrogen-bond acceptors (Lipinski definition) is 5. The van der Waals surface area contributed by atoms with E-state index in [-0.39, 0.29) is 5.56 Å². The van der Waals surface area contributed by atoms with Gasteiger partial charge in [0, 0.05) is 38.3 Å². The normalized spacial score (nSPS) is 18.3. The van der Waals surface area contributed by atoms with Crippen molar-refractivity contribution in [3.05, 3.63) is 42.0 Å². The predicted molar refractivity (Wildman–Crippen MR) is 95.8 cm³/mol. The maximum absolute atomic E-state index is 10.9. The molecule has 2 aliphatic rings. The second-order valence-electron chi connectivity index (χ2n) is 6.89. The first-order valence-corrected chi connectivity index (χ1v) is 8.84. The maximum atomic E-state index is 10.9. The van der Waals surface area contributed by atoms with Crippen LogP contribution in [-0.2, 0) is 0 Å². The van der Waals surface area contributed by atoms with Crippen LogP contribution in [0.3, 0.4) is 0 Å². The molecule has 25 heavy (non-hydrogen) atoms. The quantitative estimate of drug-likeness (QED) is 0.903. The Kier molecular flexibility index (Phi) is 4.36. The van der Waals surface area contributed by atoms with E-state index in [0.29, 0.717) is 0 Å². The van der Waals surface area contributed by atoms with Crippen LogP contribution in [0.25, 0.3) is 11.3 Å².